The third-order valence-electron chi connectivity index (χ3n) is 2.79. The molecule has 0 aliphatic rings. The SMILES string of the molecule is Cc1cc(Cl)cc(-c2nnc(CCCCC(=O)O)o2)c1. The first-order chi connectivity index (χ1) is 9.54. The van der Waals surface area contributed by atoms with Gasteiger partial charge in [0.15, 0.2) is 0 Å². The van der Waals surface area contributed by atoms with Gasteiger partial charge in [-0.3, -0.25) is 4.79 Å². The monoisotopic (exact) mass is 294 g/mol. The molecule has 1 heterocycles. The summed E-state index contributed by atoms with van der Waals surface area (Å²) < 4.78 is 5.56. The Labute approximate surface area is 121 Å². The normalized spacial score (nSPS) is 10.7. The van der Waals surface area contributed by atoms with Gasteiger partial charge in [0, 0.05) is 23.4 Å². The van der Waals surface area contributed by atoms with E-state index in [9.17, 15) is 4.79 Å². The Morgan fingerprint density at radius 2 is 2.10 bits per heavy atom. The number of benzene rings is 1. The van der Waals surface area contributed by atoms with Crippen molar-refractivity contribution in [3.05, 3.63) is 34.7 Å². The molecule has 5 nitrogen and oxygen atoms in total. The number of aromatic nitrogens is 2. The Balaban J connectivity index is 1.99. The van der Waals surface area contributed by atoms with Gasteiger partial charge in [0.05, 0.1) is 0 Å². The summed E-state index contributed by atoms with van der Waals surface area (Å²) in [6, 6.07) is 5.55. The molecule has 0 bridgehead atoms. The van der Waals surface area contributed by atoms with Gasteiger partial charge in [0.2, 0.25) is 11.8 Å². The van der Waals surface area contributed by atoms with E-state index in [1.165, 1.54) is 0 Å². The molecule has 0 atom stereocenters. The van der Waals surface area contributed by atoms with E-state index in [2.05, 4.69) is 10.2 Å². The molecular formula is C14H15ClN2O3. The molecule has 0 amide bonds. The minimum atomic E-state index is -0.786. The van der Waals surface area contributed by atoms with Crippen LogP contribution in [0.1, 0.15) is 30.7 Å². The van der Waals surface area contributed by atoms with Gasteiger partial charge in [-0.25, -0.2) is 0 Å². The van der Waals surface area contributed by atoms with Crippen molar-refractivity contribution in [3.63, 3.8) is 0 Å². The molecular weight excluding hydrogens is 280 g/mol. The van der Waals surface area contributed by atoms with Gasteiger partial charge in [-0.15, -0.1) is 10.2 Å². The zero-order chi connectivity index (χ0) is 14.5. The van der Waals surface area contributed by atoms with Gasteiger partial charge in [-0.2, -0.15) is 0 Å². The molecule has 1 N–H and O–H groups in total. The van der Waals surface area contributed by atoms with Crippen molar-refractivity contribution in [1.29, 1.82) is 0 Å². The number of aliphatic carboxylic acids is 1. The first kappa shape index (κ1) is 14.5. The highest BCUT2D eigenvalue weighted by molar-refractivity contribution is 6.30. The van der Waals surface area contributed by atoms with Gasteiger partial charge in [-0.05, 0) is 43.5 Å². The molecule has 0 saturated heterocycles. The molecule has 6 heteroatoms. The lowest BCUT2D eigenvalue weighted by molar-refractivity contribution is -0.137. The van der Waals surface area contributed by atoms with Crippen LogP contribution >= 0.6 is 11.6 Å². The van der Waals surface area contributed by atoms with Crippen LogP contribution in [0.5, 0.6) is 0 Å². The fourth-order valence-electron chi connectivity index (χ4n) is 1.88. The summed E-state index contributed by atoms with van der Waals surface area (Å²) in [6.07, 6.45) is 2.06. The predicted molar refractivity (Wildman–Crippen MR) is 74.7 cm³/mol. The number of carbonyl (C=O) groups is 1. The Morgan fingerprint density at radius 3 is 2.80 bits per heavy atom. The van der Waals surface area contributed by atoms with E-state index in [1.54, 1.807) is 6.07 Å². The van der Waals surface area contributed by atoms with Crippen LogP contribution in [0.3, 0.4) is 0 Å². The zero-order valence-corrected chi connectivity index (χ0v) is 11.9. The fraction of sp³-hybridized carbons (Fsp3) is 0.357. The molecule has 0 unspecified atom stereocenters. The first-order valence-electron chi connectivity index (χ1n) is 6.36. The fourth-order valence-corrected chi connectivity index (χ4v) is 2.17. The number of hydrogen-bond acceptors (Lipinski definition) is 4. The summed E-state index contributed by atoms with van der Waals surface area (Å²) in [5, 5.41) is 17.1. The molecule has 0 aliphatic heterocycles. The van der Waals surface area contributed by atoms with E-state index < -0.39 is 5.97 Å². The summed E-state index contributed by atoms with van der Waals surface area (Å²) in [7, 11) is 0. The van der Waals surface area contributed by atoms with Crippen molar-refractivity contribution in [2.24, 2.45) is 0 Å². The van der Waals surface area contributed by atoms with Crippen LogP contribution in [-0.4, -0.2) is 21.3 Å². The Kier molecular flexibility index (Phi) is 4.74. The average molecular weight is 295 g/mol. The molecule has 0 spiro atoms. The van der Waals surface area contributed by atoms with Crippen LogP contribution in [0.15, 0.2) is 22.6 Å². The molecule has 1 aromatic heterocycles. The second-order valence-electron chi connectivity index (χ2n) is 4.62. The highest BCUT2D eigenvalue weighted by atomic mass is 35.5. The maximum atomic E-state index is 10.4. The number of unbranched alkanes of at least 4 members (excludes halogenated alkanes) is 1. The Hall–Kier alpha value is -1.88. The average Bonchev–Trinajstić information content (AvgIpc) is 2.82. The number of nitrogens with zero attached hydrogens (tertiary/aromatic N) is 2. The minimum absolute atomic E-state index is 0.161. The van der Waals surface area contributed by atoms with Gasteiger partial charge in [0.1, 0.15) is 0 Å². The van der Waals surface area contributed by atoms with E-state index in [-0.39, 0.29) is 6.42 Å². The number of hydrogen-bond donors (Lipinski definition) is 1. The highest BCUT2D eigenvalue weighted by Crippen LogP contribution is 2.24. The Morgan fingerprint density at radius 1 is 1.30 bits per heavy atom. The molecule has 0 aliphatic carbocycles. The van der Waals surface area contributed by atoms with Crippen LogP contribution in [0.2, 0.25) is 5.02 Å². The molecule has 0 fully saturated rings. The topological polar surface area (TPSA) is 76.2 Å². The van der Waals surface area contributed by atoms with Crippen LogP contribution in [-0.2, 0) is 11.2 Å². The lowest BCUT2D eigenvalue weighted by Gasteiger charge is -1.99. The minimum Gasteiger partial charge on any atom is -0.481 e. The van der Waals surface area contributed by atoms with Crippen molar-refractivity contribution in [3.8, 4) is 11.5 Å². The second-order valence-corrected chi connectivity index (χ2v) is 5.06. The highest BCUT2D eigenvalue weighted by Gasteiger charge is 2.10. The quantitative estimate of drug-likeness (QED) is 0.825. The molecule has 1 aromatic carbocycles. The smallest absolute Gasteiger partial charge is 0.303 e. The van der Waals surface area contributed by atoms with Crippen LogP contribution in [0.25, 0.3) is 11.5 Å². The zero-order valence-electron chi connectivity index (χ0n) is 11.1. The van der Waals surface area contributed by atoms with E-state index in [0.717, 1.165) is 11.1 Å². The molecule has 0 radical (unpaired) electrons. The molecule has 2 rings (SSSR count). The third kappa shape index (κ3) is 4.06. The van der Waals surface area contributed by atoms with E-state index in [0.29, 0.717) is 36.1 Å². The molecule has 2 aromatic rings. The van der Waals surface area contributed by atoms with Gasteiger partial charge in [-0.1, -0.05) is 11.6 Å². The van der Waals surface area contributed by atoms with Crippen LogP contribution in [0, 0.1) is 6.92 Å². The summed E-state index contributed by atoms with van der Waals surface area (Å²) in [5.74, 6) is 0.164. The summed E-state index contributed by atoms with van der Waals surface area (Å²) in [4.78, 5) is 10.4. The number of carboxylic acid groups (broad SMARTS) is 1. The van der Waals surface area contributed by atoms with E-state index in [4.69, 9.17) is 21.1 Å². The number of halogens is 1. The lowest BCUT2D eigenvalue weighted by Crippen LogP contribution is -1.95. The van der Waals surface area contributed by atoms with Crippen LogP contribution < -0.4 is 0 Å². The molecule has 0 saturated carbocycles. The maximum absolute atomic E-state index is 10.4. The first-order valence-corrected chi connectivity index (χ1v) is 6.74. The Bertz CT molecular complexity index is 590. The summed E-state index contributed by atoms with van der Waals surface area (Å²) in [5.41, 5.74) is 1.81. The van der Waals surface area contributed by atoms with Crippen molar-refractivity contribution in [1.82, 2.24) is 10.2 Å². The lowest BCUT2D eigenvalue weighted by atomic mass is 10.1. The maximum Gasteiger partial charge on any atom is 0.303 e. The van der Waals surface area contributed by atoms with Crippen LogP contribution in [0.4, 0.5) is 0 Å². The number of aryl methyl sites for hydroxylation is 2. The van der Waals surface area contributed by atoms with E-state index in [1.807, 2.05) is 19.1 Å². The summed E-state index contributed by atoms with van der Waals surface area (Å²) in [6.45, 7) is 1.94. The molecule has 106 valence electrons. The standard InChI is InChI=1S/C14H15ClN2O3/c1-9-6-10(8-11(15)7-9)14-17-16-12(20-14)4-2-3-5-13(18)19/h6-8H,2-5H2,1H3,(H,18,19). The molecule has 20 heavy (non-hydrogen) atoms. The van der Waals surface area contributed by atoms with E-state index >= 15 is 0 Å². The number of carboxylic acids is 1. The summed E-state index contributed by atoms with van der Waals surface area (Å²) >= 11 is 5.99. The second kappa shape index (κ2) is 6.52. The predicted octanol–water partition coefficient (Wildman–Crippen LogP) is 3.50. The van der Waals surface area contributed by atoms with Gasteiger partial charge >= 0.3 is 5.97 Å². The van der Waals surface area contributed by atoms with Gasteiger partial charge < -0.3 is 9.52 Å². The number of rotatable bonds is 6. The van der Waals surface area contributed by atoms with Crippen molar-refractivity contribution < 1.29 is 14.3 Å². The van der Waals surface area contributed by atoms with Crippen molar-refractivity contribution in [2.75, 3.05) is 0 Å². The van der Waals surface area contributed by atoms with Crippen molar-refractivity contribution in [2.45, 2.75) is 32.6 Å². The van der Waals surface area contributed by atoms with Crippen molar-refractivity contribution >= 4 is 17.6 Å². The largest absolute Gasteiger partial charge is 0.481 e. The van der Waals surface area contributed by atoms with Gasteiger partial charge in [0.25, 0.3) is 0 Å². The third-order valence-corrected chi connectivity index (χ3v) is 3.01.